The summed E-state index contributed by atoms with van der Waals surface area (Å²) in [5.74, 6) is 0. The van der Waals surface area contributed by atoms with Crippen molar-refractivity contribution in [3.05, 3.63) is 11.9 Å². The number of hydrazine groups is 2. The van der Waals surface area contributed by atoms with Gasteiger partial charge >= 0.3 is 0 Å². The Morgan fingerprint density at radius 2 is 1.60 bits per heavy atom. The Labute approximate surface area is 125 Å². The Morgan fingerprint density at radius 3 is 2.15 bits per heavy atom. The van der Waals surface area contributed by atoms with Crippen LogP contribution in [0.3, 0.4) is 0 Å². The van der Waals surface area contributed by atoms with Gasteiger partial charge in [-0.25, -0.2) is 0 Å². The highest BCUT2D eigenvalue weighted by atomic mass is 15.8. The van der Waals surface area contributed by atoms with E-state index >= 15 is 0 Å². The van der Waals surface area contributed by atoms with Crippen LogP contribution >= 0.6 is 0 Å². The molecule has 0 fully saturated rings. The van der Waals surface area contributed by atoms with Crippen molar-refractivity contribution >= 4 is 0 Å². The van der Waals surface area contributed by atoms with Crippen molar-refractivity contribution in [2.45, 2.75) is 64.7 Å². The third kappa shape index (κ3) is 7.15. The number of nitrogens with zero attached hydrogens (tertiary/aromatic N) is 2. The van der Waals surface area contributed by atoms with Crippen molar-refractivity contribution in [2.24, 2.45) is 0 Å². The lowest BCUT2D eigenvalue weighted by atomic mass is 10.1. The summed E-state index contributed by atoms with van der Waals surface area (Å²) >= 11 is 0. The second-order valence-corrected chi connectivity index (χ2v) is 5.74. The lowest BCUT2D eigenvalue weighted by Crippen LogP contribution is -2.39. The molecule has 0 radical (unpaired) electrons. The average Bonchev–Trinajstić information content (AvgIpc) is 2.81. The minimum Gasteiger partial charge on any atom is -0.320 e. The van der Waals surface area contributed by atoms with Crippen LogP contribution in [0.4, 0.5) is 0 Å². The first kappa shape index (κ1) is 17.3. The average molecular weight is 282 g/mol. The Bertz CT molecular complexity index is 265. The van der Waals surface area contributed by atoms with E-state index in [0.717, 1.165) is 13.0 Å². The largest absolute Gasteiger partial charge is 0.320 e. The quantitative estimate of drug-likeness (QED) is 0.538. The van der Waals surface area contributed by atoms with E-state index in [0.29, 0.717) is 0 Å². The van der Waals surface area contributed by atoms with Crippen molar-refractivity contribution < 1.29 is 0 Å². The third-order valence-electron chi connectivity index (χ3n) is 3.94. The molecule has 118 valence electrons. The van der Waals surface area contributed by atoms with E-state index in [1.807, 2.05) is 7.05 Å². The lowest BCUT2D eigenvalue weighted by molar-refractivity contribution is 0.0342. The molecule has 2 N–H and O–H groups in total. The minimum absolute atomic E-state index is 1.08. The Kier molecular flexibility index (Phi) is 9.50. The number of unbranched alkanes of at least 4 members (excludes halogenated alkanes) is 7. The summed E-state index contributed by atoms with van der Waals surface area (Å²) in [6.07, 6.45) is 14.3. The van der Waals surface area contributed by atoms with Crippen LogP contribution in [0.25, 0.3) is 0 Å². The molecule has 0 unspecified atom stereocenters. The van der Waals surface area contributed by atoms with E-state index in [1.165, 1.54) is 63.6 Å². The monoisotopic (exact) mass is 282 g/mol. The number of rotatable bonds is 12. The first-order chi connectivity index (χ1) is 9.77. The predicted octanol–water partition coefficient (Wildman–Crippen LogP) is 3.25. The number of allylic oxidation sites excluding steroid dienone is 1. The van der Waals surface area contributed by atoms with Gasteiger partial charge in [0.1, 0.15) is 0 Å². The molecule has 4 nitrogen and oxygen atoms in total. The van der Waals surface area contributed by atoms with Gasteiger partial charge in [0.05, 0.1) is 0 Å². The zero-order valence-corrected chi connectivity index (χ0v) is 13.7. The van der Waals surface area contributed by atoms with Gasteiger partial charge in [-0.15, -0.1) is 5.12 Å². The highest BCUT2D eigenvalue weighted by Gasteiger charge is 2.14. The van der Waals surface area contributed by atoms with Gasteiger partial charge < -0.3 is 10.7 Å². The summed E-state index contributed by atoms with van der Waals surface area (Å²) in [5.41, 5.74) is 4.67. The SMILES string of the molecule is CCC1=CN(CCCCCCCCCCNC)N(C)N1. The van der Waals surface area contributed by atoms with Gasteiger partial charge in [0.25, 0.3) is 0 Å². The van der Waals surface area contributed by atoms with Gasteiger partial charge in [0.2, 0.25) is 0 Å². The van der Waals surface area contributed by atoms with Crippen LogP contribution in [0.2, 0.25) is 0 Å². The second-order valence-electron chi connectivity index (χ2n) is 5.74. The van der Waals surface area contributed by atoms with Gasteiger partial charge in [-0.2, -0.15) is 0 Å². The van der Waals surface area contributed by atoms with Crippen LogP contribution in [-0.2, 0) is 0 Å². The molecule has 0 spiro atoms. The van der Waals surface area contributed by atoms with Crippen molar-refractivity contribution in [1.29, 1.82) is 0 Å². The molecule has 0 atom stereocenters. The maximum atomic E-state index is 3.35. The molecular formula is C16H34N4. The van der Waals surface area contributed by atoms with Crippen LogP contribution in [0.5, 0.6) is 0 Å². The summed E-state index contributed by atoms with van der Waals surface area (Å²) in [5, 5.41) is 7.59. The van der Waals surface area contributed by atoms with Gasteiger partial charge in [-0.05, 0) is 32.9 Å². The second kappa shape index (κ2) is 11.0. The molecule has 20 heavy (non-hydrogen) atoms. The smallest absolute Gasteiger partial charge is 0.0453 e. The summed E-state index contributed by atoms with van der Waals surface area (Å²) in [6.45, 7) is 4.49. The van der Waals surface area contributed by atoms with Crippen molar-refractivity contribution in [3.8, 4) is 0 Å². The summed E-state index contributed by atoms with van der Waals surface area (Å²) in [4.78, 5) is 0. The molecular weight excluding hydrogens is 248 g/mol. The fourth-order valence-corrected chi connectivity index (χ4v) is 2.59. The molecule has 4 heteroatoms. The Morgan fingerprint density at radius 1 is 1.00 bits per heavy atom. The first-order valence-corrected chi connectivity index (χ1v) is 8.40. The molecule has 1 rings (SSSR count). The molecule has 1 aliphatic heterocycles. The molecule has 0 aromatic carbocycles. The summed E-state index contributed by atoms with van der Waals surface area (Å²) < 4.78 is 0. The summed E-state index contributed by atoms with van der Waals surface area (Å²) in [7, 11) is 4.12. The van der Waals surface area contributed by atoms with E-state index in [9.17, 15) is 0 Å². The van der Waals surface area contributed by atoms with E-state index < -0.39 is 0 Å². The highest BCUT2D eigenvalue weighted by Crippen LogP contribution is 2.13. The van der Waals surface area contributed by atoms with Crippen LogP contribution in [0.1, 0.15) is 64.7 Å². The Hall–Kier alpha value is -0.740. The molecule has 0 amide bonds. The fourth-order valence-electron chi connectivity index (χ4n) is 2.59. The molecule has 0 bridgehead atoms. The Balaban J connectivity index is 1.89. The molecule has 0 saturated heterocycles. The predicted molar refractivity (Wildman–Crippen MR) is 86.8 cm³/mol. The van der Waals surface area contributed by atoms with Crippen LogP contribution in [0, 0.1) is 0 Å². The topological polar surface area (TPSA) is 30.5 Å². The van der Waals surface area contributed by atoms with E-state index in [2.05, 4.69) is 41.0 Å². The van der Waals surface area contributed by atoms with Gasteiger partial charge in [0, 0.05) is 25.5 Å². The third-order valence-corrected chi connectivity index (χ3v) is 3.94. The maximum Gasteiger partial charge on any atom is 0.0453 e. The van der Waals surface area contributed by atoms with Crippen molar-refractivity contribution in [1.82, 2.24) is 20.9 Å². The first-order valence-electron chi connectivity index (χ1n) is 8.40. The molecule has 0 aliphatic carbocycles. The normalized spacial score (nSPS) is 15.6. The van der Waals surface area contributed by atoms with Gasteiger partial charge in [-0.3, -0.25) is 5.01 Å². The zero-order valence-electron chi connectivity index (χ0n) is 13.7. The molecule has 1 aliphatic rings. The highest BCUT2D eigenvalue weighted by molar-refractivity contribution is 5.00. The standard InChI is InChI=1S/C16H34N4/c1-4-16-15-20(19(3)18-16)14-12-10-8-6-5-7-9-11-13-17-2/h15,17-18H,4-14H2,1-3H3. The maximum absolute atomic E-state index is 3.35. The zero-order chi connectivity index (χ0) is 14.6. The van der Waals surface area contributed by atoms with Gasteiger partial charge in [-0.1, -0.05) is 45.4 Å². The van der Waals surface area contributed by atoms with Crippen molar-refractivity contribution in [3.63, 3.8) is 0 Å². The molecule has 0 aromatic heterocycles. The van der Waals surface area contributed by atoms with E-state index in [1.54, 1.807) is 0 Å². The van der Waals surface area contributed by atoms with Crippen LogP contribution in [0.15, 0.2) is 11.9 Å². The van der Waals surface area contributed by atoms with Crippen LogP contribution in [-0.4, -0.2) is 37.3 Å². The van der Waals surface area contributed by atoms with E-state index in [4.69, 9.17) is 0 Å². The number of hydrogen-bond acceptors (Lipinski definition) is 4. The molecule has 0 aromatic rings. The number of hydrogen-bond donors (Lipinski definition) is 2. The minimum atomic E-state index is 1.08. The van der Waals surface area contributed by atoms with Crippen LogP contribution < -0.4 is 10.7 Å². The molecule has 0 saturated carbocycles. The van der Waals surface area contributed by atoms with Gasteiger partial charge in [0.15, 0.2) is 0 Å². The lowest BCUT2D eigenvalue weighted by Gasteiger charge is -2.24. The van der Waals surface area contributed by atoms with E-state index in [-0.39, 0.29) is 0 Å². The van der Waals surface area contributed by atoms with Crippen molar-refractivity contribution in [2.75, 3.05) is 27.2 Å². The number of nitrogens with one attached hydrogen (secondary N) is 2. The fraction of sp³-hybridized carbons (Fsp3) is 0.875. The summed E-state index contributed by atoms with van der Waals surface area (Å²) in [6, 6.07) is 0. The molecule has 1 heterocycles.